The summed E-state index contributed by atoms with van der Waals surface area (Å²) in [6.07, 6.45) is 7.38. The Morgan fingerprint density at radius 3 is 2.43 bits per heavy atom. The van der Waals surface area contributed by atoms with Crippen LogP contribution in [0.15, 0.2) is 24.3 Å². The van der Waals surface area contributed by atoms with Crippen LogP contribution in [-0.4, -0.2) is 14.8 Å². The summed E-state index contributed by atoms with van der Waals surface area (Å²) in [5, 5.41) is 9.02. The van der Waals surface area contributed by atoms with Crippen molar-refractivity contribution in [3.05, 3.63) is 47.0 Å². The molecule has 0 N–H and O–H groups in total. The van der Waals surface area contributed by atoms with Crippen LogP contribution in [-0.2, 0) is 19.4 Å². The Bertz CT molecular complexity index is 625. The van der Waals surface area contributed by atoms with E-state index in [-0.39, 0.29) is 0 Å². The summed E-state index contributed by atoms with van der Waals surface area (Å²) < 4.78 is 2.38. The van der Waals surface area contributed by atoms with Crippen LogP contribution >= 0.6 is 0 Å². The molecule has 0 unspecified atom stereocenters. The second kappa shape index (κ2) is 7.29. The zero-order chi connectivity index (χ0) is 16.2. The van der Waals surface area contributed by atoms with Crippen LogP contribution in [0.1, 0.15) is 75.1 Å². The van der Waals surface area contributed by atoms with Gasteiger partial charge in [-0.2, -0.15) is 0 Å². The average molecular weight is 311 g/mol. The Morgan fingerprint density at radius 1 is 0.957 bits per heavy atom. The summed E-state index contributed by atoms with van der Waals surface area (Å²) in [5.74, 6) is 3.33. The monoisotopic (exact) mass is 311 g/mol. The Balaban J connectivity index is 1.81. The van der Waals surface area contributed by atoms with E-state index in [2.05, 4.69) is 59.8 Å². The van der Waals surface area contributed by atoms with Gasteiger partial charge >= 0.3 is 0 Å². The molecule has 0 saturated heterocycles. The first-order chi connectivity index (χ1) is 11.1. The van der Waals surface area contributed by atoms with Gasteiger partial charge in [0, 0.05) is 18.9 Å². The summed E-state index contributed by atoms with van der Waals surface area (Å²) in [5.41, 5.74) is 2.77. The fourth-order valence-electron chi connectivity index (χ4n) is 3.57. The van der Waals surface area contributed by atoms with Crippen molar-refractivity contribution in [3.8, 4) is 0 Å². The van der Waals surface area contributed by atoms with Crippen molar-refractivity contribution in [3.63, 3.8) is 0 Å². The van der Waals surface area contributed by atoms with Crippen LogP contribution in [0.5, 0.6) is 0 Å². The van der Waals surface area contributed by atoms with Crippen LogP contribution in [0.3, 0.4) is 0 Å². The number of nitrogens with zero attached hydrogens (tertiary/aromatic N) is 3. The Morgan fingerprint density at radius 2 is 1.70 bits per heavy atom. The van der Waals surface area contributed by atoms with E-state index in [4.69, 9.17) is 0 Å². The summed E-state index contributed by atoms with van der Waals surface area (Å²) >= 11 is 0. The van der Waals surface area contributed by atoms with Gasteiger partial charge < -0.3 is 4.57 Å². The number of fused-ring (bicyclic) bond motifs is 1. The van der Waals surface area contributed by atoms with Crippen LogP contribution in [0.4, 0.5) is 0 Å². The third-order valence-electron chi connectivity index (χ3n) is 4.90. The molecule has 2 aromatic rings. The van der Waals surface area contributed by atoms with E-state index >= 15 is 0 Å². The molecule has 2 heterocycles. The molecule has 0 aliphatic carbocycles. The van der Waals surface area contributed by atoms with E-state index in [1.165, 1.54) is 42.6 Å². The maximum absolute atomic E-state index is 4.54. The van der Waals surface area contributed by atoms with Crippen LogP contribution in [0.2, 0.25) is 0 Å². The maximum Gasteiger partial charge on any atom is 0.140 e. The van der Waals surface area contributed by atoms with Gasteiger partial charge in [0.25, 0.3) is 0 Å². The second-order valence-corrected chi connectivity index (χ2v) is 7.35. The van der Waals surface area contributed by atoms with Crippen molar-refractivity contribution >= 4 is 0 Å². The van der Waals surface area contributed by atoms with Crippen molar-refractivity contribution in [1.29, 1.82) is 0 Å². The number of aryl methyl sites for hydroxylation is 1. The number of benzene rings is 1. The van der Waals surface area contributed by atoms with E-state index in [0.717, 1.165) is 25.2 Å². The molecule has 3 heteroatoms. The molecule has 0 fully saturated rings. The summed E-state index contributed by atoms with van der Waals surface area (Å²) in [6.45, 7) is 7.87. The van der Waals surface area contributed by atoms with Gasteiger partial charge in [0.05, 0.1) is 0 Å². The highest BCUT2D eigenvalue weighted by Gasteiger charge is 2.19. The third-order valence-corrected chi connectivity index (χ3v) is 4.90. The molecule has 1 aliphatic rings. The molecule has 1 aliphatic heterocycles. The lowest BCUT2D eigenvalue weighted by atomic mass is 9.96. The first kappa shape index (κ1) is 16.2. The van der Waals surface area contributed by atoms with Gasteiger partial charge in [0.15, 0.2) is 0 Å². The van der Waals surface area contributed by atoms with Crippen molar-refractivity contribution in [1.82, 2.24) is 14.8 Å². The fraction of sp³-hybridized carbons (Fsp3) is 0.600. The molecule has 0 spiro atoms. The molecular weight excluding hydrogens is 282 g/mol. The highest BCUT2D eigenvalue weighted by Crippen LogP contribution is 2.26. The van der Waals surface area contributed by atoms with Crippen molar-refractivity contribution in [2.45, 2.75) is 71.8 Å². The third kappa shape index (κ3) is 3.82. The van der Waals surface area contributed by atoms with E-state index in [9.17, 15) is 0 Å². The molecule has 1 aromatic heterocycles. The first-order valence-electron chi connectivity index (χ1n) is 9.16. The van der Waals surface area contributed by atoms with Gasteiger partial charge in [-0.1, -0.05) is 57.9 Å². The average Bonchev–Trinajstić information content (AvgIpc) is 2.88. The summed E-state index contributed by atoms with van der Waals surface area (Å²) in [7, 11) is 0. The van der Waals surface area contributed by atoms with Gasteiger partial charge in [-0.25, -0.2) is 0 Å². The number of aromatic nitrogens is 3. The van der Waals surface area contributed by atoms with Gasteiger partial charge in [0.2, 0.25) is 0 Å². The lowest BCUT2D eigenvalue weighted by molar-refractivity contribution is 0.500. The molecule has 0 bridgehead atoms. The molecule has 124 valence electrons. The van der Waals surface area contributed by atoms with Crippen LogP contribution < -0.4 is 0 Å². The van der Waals surface area contributed by atoms with Gasteiger partial charge in [0.1, 0.15) is 11.6 Å². The lowest BCUT2D eigenvalue weighted by Crippen LogP contribution is -2.13. The van der Waals surface area contributed by atoms with Crippen LogP contribution in [0, 0.1) is 5.92 Å². The second-order valence-electron chi connectivity index (χ2n) is 7.35. The Hall–Kier alpha value is -1.64. The molecule has 0 amide bonds. The van der Waals surface area contributed by atoms with Crippen molar-refractivity contribution in [2.75, 3.05) is 0 Å². The summed E-state index contributed by atoms with van der Waals surface area (Å²) in [4.78, 5) is 0. The SMILES string of the molecule is CC(C)Cc1ccc([C@H](C)c2nnc3n2CCCCCC3)cc1. The molecule has 0 radical (unpaired) electrons. The topological polar surface area (TPSA) is 30.7 Å². The maximum atomic E-state index is 4.54. The fourth-order valence-corrected chi connectivity index (χ4v) is 3.57. The Kier molecular flexibility index (Phi) is 5.14. The number of hydrogen-bond donors (Lipinski definition) is 0. The number of rotatable bonds is 4. The lowest BCUT2D eigenvalue weighted by Gasteiger charge is -2.17. The Labute approximate surface area is 140 Å². The first-order valence-corrected chi connectivity index (χ1v) is 9.16. The van der Waals surface area contributed by atoms with E-state index in [1.54, 1.807) is 0 Å². The molecule has 23 heavy (non-hydrogen) atoms. The van der Waals surface area contributed by atoms with Crippen molar-refractivity contribution < 1.29 is 0 Å². The minimum absolute atomic E-state index is 0.309. The number of hydrogen-bond acceptors (Lipinski definition) is 2. The molecular formula is C20H29N3. The van der Waals surface area contributed by atoms with Gasteiger partial charge in [-0.05, 0) is 36.3 Å². The minimum atomic E-state index is 0.309. The zero-order valence-electron chi connectivity index (χ0n) is 14.8. The highest BCUT2D eigenvalue weighted by atomic mass is 15.3. The van der Waals surface area contributed by atoms with Crippen molar-refractivity contribution in [2.24, 2.45) is 5.92 Å². The van der Waals surface area contributed by atoms with E-state index in [1.807, 2.05) is 0 Å². The predicted octanol–water partition coefficient (Wildman–Crippen LogP) is 4.74. The molecule has 3 rings (SSSR count). The highest BCUT2D eigenvalue weighted by molar-refractivity contribution is 5.29. The minimum Gasteiger partial charge on any atom is -0.314 e. The molecule has 1 atom stereocenters. The smallest absolute Gasteiger partial charge is 0.140 e. The standard InChI is InChI=1S/C20H29N3/c1-15(2)14-17-9-11-18(12-10-17)16(3)20-22-21-19-8-6-4-5-7-13-23(19)20/h9-12,15-16H,4-8,13-14H2,1-3H3/t16-/m0/s1. The van der Waals surface area contributed by atoms with Gasteiger partial charge in [-0.15, -0.1) is 10.2 Å². The zero-order valence-corrected chi connectivity index (χ0v) is 14.8. The quantitative estimate of drug-likeness (QED) is 0.816. The van der Waals surface area contributed by atoms with Crippen LogP contribution in [0.25, 0.3) is 0 Å². The molecule has 0 saturated carbocycles. The van der Waals surface area contributed by atoms with Gasteiger partial charge in [-0.3, -0.25) is 0 Å². The summed E-state index contributed by atoms with van der Waals surface area (Å²) in [6, 6.07) is 9.09. The molecule has 1 aromatic carbocycles. The van der Waals surface area contributed by atoms with E-state index in [0.29, 0.717) is 11.8 Å². The van der Waals surface area contributed by atoms with E-state index < -0.39 is 0 Å². The molecule has 3 nitrogen and oxygen atoms in total. The normalized spacial score (nSPS) is 16.7. The largest absolute Gasteiger partial charge is 0.314 e. The predicted molar refractivity (Wildman–Crippen MR) is 94.7 cm³/mol.